The van der Waals surface area contributed by atoms with Crippen LogP contribution in [0.5, 0.6) is 0 Å². The van der Waals surface area contributed by atoms with E-state index >= 15 is 0 Å². The number of alkyl halides is 1. The molecule has 1 saturated heterocycles. The number of aromatic amines is 1. The van der Waals surface area contributed by atoms with Crippen LogP contribution in [0.15, 0.2) is 18.5 Å². The summed E-state index contributed by atoms with van der Waals surface area (Å²) in [6.07, 6.45) is 3.91. The Morgan fingerprint density at radius 1 is 1.53 bits per heavy atom. The molecule has 1 N–H and O–H groups in total. The summed E-state index contributed by atoms with van der Waals surface area (Å²) in [4.78, 5) is 17.8. The lowest BCUT2D eigenvalue weighted by atomic mass is 10.1. The molecule has 0 saturated carbocycles. The number of pyridine rings is 1. The second-order valence-electron chi connectivity index (χ2n) is 4.23. The topological polar surface area (TPSA) is 61.9 Å². The molecule has 5 nitrogen and oxygen atoms in total. The highest BCUT2D eigenvalue weighted by atomic mass is 35.5. The first-order valence-electron chi connectivity index (χ1n) is 5.43. The third-order valence-electron chi connectivity index (χ3n) is 3.01. The molecule has 0 aliphatic carbocycles. The van der Waals surface area contributed by atoms with Gasteiger partial charge in [-0.05, 0) is 12.0 Å². The number of hydrogen-bond donors (Lipinski definition) is 1. The van der Waals surface area contributed by atoms with Crippen LogP contribution in [-0.2, 0) is 4.79 Å². The van der Waals surface area contributed by atoms with Gasteiger partial charge in [-0.25, -0.2) is 4.98 Å². The van der Waals surface area contributed by atoms with E-state index in [0.29, 0.717) is 18.8 Å². The van der Waals surface area contributed by atoms with Crippen LogP contribution in [-0.4, -0.2) is 33.5 Å². The normalized spacial score (nSPS) is 20.4. The lowest BCUT2D eigenvalue weighted by Gasteiger charge is -2.15. The van der Waals surface area contributed by atoms with Gasteiger partial charge < -0.3 is 4.90 Å². The second-order valence-corrected chi connectivity index (χ2v) is 4.54. The summed E-state index contributed by atoms with van der Waals surface area (Å²) >= 11 is 5.79. The van der Waals surface area contributed by atoms with E-state index < -0.39 is 0 Å². The predicted molar refractivity (Wildman–Crippen MR) is 65.1 cm³/mol. The van der Waals surface area contributed by atoms with Crippen LogP contribution in [0.1, 0.15) is 6.42 Å². The van der Waals surface area contributed by atoms with Crippen LogP contribution in [0.25, 0.3) is 11.0 Å². The van der Waals surface area contributed by atoms with Crippen molar-refractivity contribution in [3.63, 3.8) is 0 Å². The van der Waals surface area contributed by atoms with Crippen molar-refractivity contribution in [2.24, 2.45) is 5.92 Å². The summed E-state index contributed by atoms with van der Waals surface area (Å²) in [6.45, 7) is 0.674. The first-order valence-corrected chi connectivity index (χ1v) is 5.97. The largest absolute Gasteiger partial charge is 0.311 e. The number of nitrogens with zero attached hydrogens (tertiary/aromatic N) is 3. The van der Waals surface area contributed by atoms with Gasteiger partial charge in [-0.3, -0.25) is 9.89 Å². The molecule has 0 bridgehead atoms. The van der Waals surface area contributed by atoms with Crippen molar-refractivity contribution in [3.05, 3.63) is 18.5 Å². The predicted octanol–water partition coefficient (Wildman–Crippen LogP) is 1.55. The minimum Gasteiger partial charge on any atom is -0.311 e. The molecule has 1 aliphatic heterocycles. The average Bonchev–Trinajstić information content (AvgIpc) is 2.93. The number of fused-ring (bicyclic) bond motifs is 1. The van der Waals surface area contributed by atoms with Gasteiger partial charge in [-0.2, -0.15) is 5.10 Å². The molecular weight excluding hydrogens is 240 g/mol. The smallest absolute Gasteiger partial charge is 0.227 e. The van der Waals surface area contributed by atoms with Gasteiger partial charge >= 0.3 is 0 Å². The number of anilines is 1. The molecule has 1 fully saturated rings. The molecule has 17 heavy (non-hydrogen) atoms. The van der Waals surface area contributed by atoms with Gasteiger partial charge in [-0.15, -0.1) is 11.6 Å². The van der Waals surface area contributed by atoms with Crippen LogP contribution < -0.4 is 4.90 Å². The molecule has 3 rings (SSSR count). The number of hydrogen-bond acceptors (Lipinski definition) is 3. The maximum Gasteiger partial charge on any atom is 0.227 e. The molecule has 88 valence electrons. The quantitative estimate of drug-likeness (QED) is 0.823. The van der Waals surface area contributed by atoms with Crippen molar-refractivity contribution >= 4 is 34.2 Å². The molecule has 1 amide bonds. The summed E-state index contributed by atoms with van der Waals surface area (Å²) in [6, 6.07) is 1.92. The van der Waals surface area contributed by atoms with Gasteiger partial charge in [0.2, 0.25) is 5.91 Å². The highest BCUT2D eigenvalue weighted by Crippen LogP contribution is 2.26. The van der Waals surface area contributed by atoms with Crippen LogP contribution in [0, 0.1) is 5.92 Å². The van der Waals surface area contributed by atoms with Crippen molar-refractivity contribution in [3.8, 4) is 0 Å². The molecule has 2 aromatic heterocycles. The molecular formula is C11H11ClN4O. The van der Waals surface area contributed by atoms with E-state index in [9.17, 15) is 4.79 Å². The molecule has 0 radical (unpaired) electrons. The Hall–Kier alpha value is -1.62. The average molecular weight is 251 g/mol. The van der Waals surface area contributed by atoms with Crippen LogP contribution in [0.3, 0.4) is 0 Å². The van der Waals surface area contributed by atoms with E-state index in [4.69, 9.17) is 11.6 Å². The zero-order valence-electron chi connectivity index (χ0n) is 9.06. The minimum atomic E-state index is 0.111. The van der Waals surface area contributed by atoms with Crippen molar-refractivity contribution in [2.75, 3.05) is 17.3 Å². The summed E-state index contributed by atoms with van der Waals surface area (Å²) in [5.74, 6) is 0.869. The van der Waals surface area contributed by atoms with Gasteiger partial charge in [0.15, 0.2) is 5.65 Å². The summed E-state index contributed by atoms with van der Waals surface area (Å²) in [5.41, 5.74) is 1.55. The van der Waals surface area contributed by atoms with E-state index in [0.717, 1.165) is 16.7 Å². The Balaban J connectivity index is 1.95. The van der Waals surface area contributed by atoms with E-state index in [2.05, 4.69) is 15.2 Å². The monoisotopic (exact) mass is 250 g/mol. The molecule has 2 aromatic rings. The lowest BCUT2D eigenvalue weighted by molar-refractivity contribution is -0.117. The number of aromatic nitrogens is 3. The van der Waals surface area contributed by atoms with Crippen LogP contribution >= 0.6 is 11.6 Å². The maximum atomic E-state index is 11.8. The van der Waals surface area contributed by atoms with Crippen molar-refractivity contribution in [1.82, 2.24) is 15.2 Å². The number of nitrogens with one attached hydrogen (secondary N) is 1. The fourth-order valence-corrected chi connectivity index (χ4v) is 2.31. The van der Waals surface area contributed by atoms with Gasteiger partial charge in [0.25, 0.3) is 0 Å². The van der Waals surface area contributed by atoms with Crippen molar-refractivity contribution in [1.29, 1.82) is 0 Å². The third-order valence-corrected chi connectivity index (χ3v) is 3.45. The minimum absolute atomic E-state index is 0.111. The SMILES string of the molecule is O=C1CC(CCl)CN1c1cnc2[nH]ncc2c1. The Morgan fingerprint density at radius 2 is 2.41 bits per heavy atom. The van der Waals surface area contributed by atoms with E-state index in [1.54, 1.807) is 17.3 Å². The Labute approximate surface area is 103 Å². The summed E-state index contributed by atoms with van der Waals surface area (Å²) in [7, 11) is 0. The summed E-state index contributed by atoms with van der Waals surface area (Å²) < 4.78 is 0. The zero-order valence-corrected chi connectivity index (χ0v) is 9.81. The molecule has 1 atom stereocenters. The van der Waals surface area contributed by atoms with Crippen LogP contribution in [0.2, 0.25) is 0 Å². The third kappa shape index (κ3) is 1.76. The number of rotatable bonds is 2. The number of carbonyl (C=O) groups excluding carboxylic acids is 1. The first kappa shape index (κ1) is 10.5. The molecule has 3 heterocycles. The van der Waals surface area contributed by atoms with Gasteiger partial charge in [0, 0.05) is 24.2 Å². The van der Waals surface area contributed by atoms with E-state index in [1.165, 1.54) is 0 Å². The first-order chi connectivity index (χ1) is 8.28. The molecule has 1 aliphatic rings. The second kappa shape index (κ2) is 4.00. The fraction of sp³-hybridized carbons (Fsp3) is 0.364. The van der Waals surface area contributed by atoms with Gasteiger partial charge in [-0.1, -0.05) is 0 Å². The van der Waals surface area contributed by atoms with Crippen molar-refractivity contribution in [2.45, 2.75) is 6.42 Å². The summed E-state index contributed by atoms with van der Waals surface area (Å²) in [5, 5.41) is 7.60. The Bertz CT molecular complexity index is 567. The Morgan fingerprint density at radius 3 is 3.18 bits per heavy atom. The molecule has 6 heteroatoms. The molecule has 0 spiro atoms. The zero-order chi connectivity index (χ0) is 11.8. The van der Waals surface area contributed by atoms with E-state index in [-0.39, 0.29) is 11.8 Å². The van der Waals surface area contributed by atoms with Gasteiger partial charge in [0.05, 0.1) is 18.1 Å². The maximum absolute atomic E-state index is 11.8. The number of halogens is 1. The van der Waals surface area contributed by atoms with Crippen LogP contribution in [0.4, 0.5) is 5.69 Å². The molecule has 0 aromatic carbocycles. The number of carbonyl (C=O) groups is 1. The fourth-order valence-electron chi connectivity index (χ4n) is 2.11. The lowest BCUT2D eigenvalue weighted by Crippen LogP contribution is -2.24. The number of H-pyrrole nitrogens is 1. The van der Waals surface area contributed by atoms with Crippen molar-refractivity contribution < 1.29 is 4.79 Å². The van der Waals surface area contributed by atoms with Gasteiger partial charge in [0.1, 0.15) is 0 Å². The highest BCUT2D eigenvalue weighted by molar-refractivity contribution is 6.18. The van der Waals surface area contributed by atoms with E-state index in [1.807, 2.05) is 6.07 Å². The standard InChI is InChI=1S/C11H11ClN4O/c12-3-7-1-10(17)16(6-7)9-2-8-4-14-15-11(8)13-5-9/h2,4-5,7H,1,3,6H2,(H,13,14,15). The number of amides is 1. The highest BCUT2D eigenvalue weighted by Gasteiger charge is 2.30. The molecule has 1 unspecified atom stereocenters. The Kier molecular flexibility index (Phi) is 2.48.